The first-order chi connectivity index (χ1) is 16.2. The summed E-state index contributed by atoms with van der Waals surface area (Å²) in [5.41, 5.74) is 2.01. The standard InChI is InChI=1S/C24H25N3O6S/c1-32-21-8-5-7-19(14-21)26-23(28)16-33-20-12-10-17(11-13-20)24(29)25-15-18-6-3-4-9-22(18)27-34(2,30)31/h3-14,27H,15-16H2,1-2H3,(H,25,29)(H,26,28). The molecule has 3 aromatic carbocycles. The third-order valence-corrected chi connectivity index (χ3v) is 5.18. The fourth-order valence-corrected chi connectivity index (χ4v) is 3.60. The van der Waals surface area contributed by atoms with Crippen LogP contribution >= 0.6 is 0 Å². The van der Waals surface area contributed by atoms with E-state index in [1.54, 1.807) is 79.9 Å². The number of para-hydroxylation sites is 1. The quantitative estimate of drug-likeness (QED) is 0.407. The van der Waals surface area contributed by atoms with E-state index in [9.17, 15) is 18.0 Å². The van der Waals surface area contributed by atoms with Crippen LogP contribution in [0, 0.1) is 0 Å². The van der Waals surface area contributed by atoms with Crippen LogP contribution in [0.15, 0.2) is 72.8 Å². The maximum absolute atomic E-state index is 12.5. The Balaban J connectivity index is 1.51. The molecule has 0 bridgehead atoms. The lowest BCUT2D eigenvalue weighted by molar-refractivity contribution is -0.118. The van der Waals surface area contributed by atoms with Crippen LogP contribution in [-0.4, -0.2) is 40.2 Å². The highest BCUT2D eigenvalue weighted by molar-refractivity contribution is 7.92. The van der Waals surface area contributed by atoms with Crippen LogP contribution in [0.25, 0.3) is 0 Å². The third kappa shape index (κ3) is 7.52. The Morgan fingerprint density at radius 1 is 0.912 bits per heavy atom. The predicted molar refractivity (Wildman–Crippen MR) is 130 cm³/mol. The fourth-order valence-electron chi connectivity index (χ4n) is 3.00. The number of carbonyl (C=O) groups is 2. The highest BCUT2D eigenvalue weighted by Gasteiger charge is 2.10. The molecule has 0 radical (unpaired) electrons. The van der Waals surface area contributed by atoms with E-state index < -0.39 is 10.0 Å². The van der Waals surface area contributed by atoms with Crippen molar-refractivity contribution in [1.29, 1.82) is 0 Å². The van der Waals surface area contributed by atoms with Crippen molar-refractivity contribution in [1.82, 2.24) is 5.32 Å². The van der Waals surface area contributed by atoms with Crippen molar-refractivity contribution < 1.29 is 27.5 Å². The van der Waals surface area contributed by atoms with Gasteiger partial charge in [-0.05, 0) is 48.0 Å². The van der Waals surface area contributed by atoms with E-state index in [1.165, 1.54) is 0 Å². The molecule has 0 fully saturated rings. The average Bonchev–Trinajstić information content (AvgIpc) is 2.81. The number of methoxy groups -OCH3 is 1. The zero-order valence-corrected chi connectivity index (χ0v) is 19.5. The largest absolute Gasteiger partial charge is 0.497 e. The summed E-state index contributed by atoms with van der Waals surface area (Å²) in [4.78, 5) is 24.6. The minimum absolute atomic E-state index is 0.139. The first-order valence-corrected chi connectivity index (χ1v) is 12.1. The monoisotopic (exact) mass is 483 g/mol. The summed E-state index contributed by atoms with van der Waals surface area (Å²) in [6.07, 6.45) is 1.06. The second kappa shape index (κ2) is 11.2. The molecular weight excluding hydrogens is 458 g/mol. The number of hydrogen-bond donors (Lipinski definition) is 3. The number of sulfonamides is 1. The van der Waals surface area contributed by atoms with Gasteiger partial charge in [0, 0.05) is 23.9 Å². The summed E-state index contributed by atoms with van der Waals surface area (Å²) in [6, 6.07) is 20.1. The third-order valence-electron chi connectivity index (χ3n) is 4.59. The van der Waals surface area contributed by atoms with Crippen molar-refractivity contribution in [3.8, 4) is 11.5 Å². The Hall–Kier alpha value is -4.05. The van der Waals surface area contributed by atoms with E-state index in [4.69, 9.17) is 9.47 Å². The highest BCUT2D eigenvalue weighted by atomic mass is 32.2. The van der Waals surface area contributed by atoms with Crippen LogP contribution in [-0.2, 0) is 21.4 Å². The summed E-state index contributed by atoms with van der Waals surface area (Å²) in [5.74, 6) is 0.385. The molecule has 178 valence electrons. The fraction of sp³-hybridized carbons (Fsp3) is 0.167. The lowest BCUT2D eigenvalue weighted by Gasteiger charge is -2.12. The Kier molecular flexibility index (Phi) is 8.10. The van der Waals surface area contributed by atoms with Crippen molar-refractivity contribution in [2.45, 2.75) is 6.54 Å². The maximum Gasteiger partial charge on any atom is 0.262 e. The number of ether oxygens (including phenoxy) is 2. The van der Waals surface area contributed by atoms with Gasteiger partial charge in [-0.2, -0.15) is 0 Å². The van der Waals surface area contributed by atoms with Gasteiger partial charge in [0.15, 0.2) is 6.61 Å². The topological polar surface area (TPSA) is 123 Å². The number of carbonyl (C=O) groups excluding carboxylic acids is 2. The van der Waals surface area contributed by atoms with E-state index in [0.29, 0.717) is 34.0 Å². The zero-order valence-electron chi connectivity index (χ0n) is 18.7. The number of nitrogens with one attached hydrogen (secondary N) is 3. The zero-order chi connectivity index (χ0) is 24.6. The molecule has 3 N–H and O–H groups in total. The van der Waals surface area contributed by atoms with Gasteiger partial charge in [-0.3, -0.25) is 14.3 Å². The molecule has 0 heterocycles. The van der Waals surface area contributed by atoms with E-state index in [2.05, 4.69) is 15.4 Å². The SMILES string of the molecule is COc1cccc(NC(=O)COc2ccc(C(=O)NCc3ccccc3NS(C)(=O)=O)cc2)c1. The molecule has 34 heavy (non-hydrogen) atoms. The number of benzene rings is 3. The molecule has 0 spiro atoms. The summed E-state index contributed by atoms with van der Waals surface area (Å²) in [7, 11) is -1.89. The van der Waals surface area contributed by atoms with Crippen molar-refractivity contribution in [2.75, 3.05) is 30.0 Å². The van der Waals surface area contributed by atoms with E-state index in [-0.39, 0.29) is 25.0 Å². The lowest BCUT2D eigenvalue weighted by atomic mass is 10.1. The number of hydrogen-bond acceptors (Lipinski definition) is 6. The second-order valence-corrected chi connectivity index (χ2v) is 9.06. The van der Waals surface area contributed by atoms with Gasteiger partial charge in [-0.1, -0.05) is 24.3 Å². The molecule has 3 aromatic rings. The van der Waals surface area contributed by atoms with Crippen molar-refractivity contribution in [2.24, 2.45) is 0 Å². The summed E-state index contributed by atoms with van der Waals surface area (Å²) in [6.45, 7) is -0.0624. The van der Waals surface area contributed by atoms with Crippen molar-refractivity contribution in [3.05, 3.63) is 83.9 Å². The Bertz CT molecular complexity index is 1260. The van der Waals surface area contributed by atoms with Crippen molar-refractivity contribution >= 4 is 33.2 Å². The lowest BCUT2D eigenvalue weighted by Crippen LogP contribution is -2.24. The van der Waals surface area contributed by atoms with E-state index >= 15 is 0 Å². The smallest absolute Gasteiger partial charge is 0.262 e. The molecule has 0 aliphatic heterocycles. The average molecular weight is 484 g/mol. The normalized spacial score (nSPS) is 10.8. The molecule has 9 nitrogen and oxygen atoms in total. The molecule has 10 heteroatoms. The molecule has 0 aliphatic carbocycles. The van der Waals surface area contributed by atoms with Crippen LogP contribution in [0.1, 0.15) is 15.9 Å². The Labute approximate surface area is 198 Å². The molecule has 0 saturated heterocycles. The van der Waals surface area contributed by atoms with E-state index in [1.807, 2.05) is 0 Å². The summed E-state index contributed by atoms with van der Waals surface area (Å²) >= 11 is 0. The molecule has 3 rings (SSSR count). The second-order valence-electron chi connectivity index (χ2n) is 7.31. The van der Waals surface area contributed by atoms with Crippen molar-refractivity contribution in [3.63, 3.8) is 0 Å². The first kappa shape index (κ1) is 24.6. The minimum atomic E-state index is -3.44. The van der Waals surface area contributed by atoms with Crippen LogP contribution < -0.4 is 24.8 Å². The molecular formula is C24H25N3O6S. The number of anilines is 2. The van der Waals surface area contributed by atoms with Crippen LogP contribution in [0.5, 0.6) is 11.5 Å². The van der Waals surface area contributed by atoms with Gasteiger partial charge in [0.25, 0.3) is 11.8 Å². The van der Waals surface area contributed by atoms with Gasteiger partial charge in [0.1, 0.15) is 11.5 Å². The van der Waals surface area contributed by atoms with Crippen LogP contribution in [0.2, 0.25) is 0 Å². The molecule has 0 aliphatic rings. The molecule has 0 aromatic heterocycles. The van der Waals surface area contributed by atoms with Gasteiger partial charge < -0.3 is 20.1 Å². The molecule has 0 atom stereocenters. The minimum Gasteiger partial charge on any atom is -0.497 e. The van der Waals surface area contributed by atoms with Crippen LogP contribution in [0.3, 0.4) is 0 Å². The maximum atomic E-state index is 12.5. The number of amides is 2. The van der Waals surface area contributed by atoms with Gasteiger partial charge in [-0.25, -0.2) is 8.42 Å². The first-order valence-electron chi connectivity index (χ1n) is 10.2. The summed E-state index contributed by atoms with van der Waals surface area (Å²) < 4.78 is 36.1. The van der Waals surface area contributed by atoms with Crippen LogP contribution in [0.4, 0.5) is 11.4 Å². The highest BCUT2D eigenvalue weighted by Crippen LogP contribution is 2.18. The Morgan fingerprint density at radius 3 is 2.35 bits per heavy atom. The Morgan fingerprint density at radius 2 is 1.65 bits per heavy atom. The van der Waals surface area contributed by atoms with Gasteiger partial charge >= 0.3 is 0 Å². The molecule has 2 amide bonds. The van der Waals surface area contributed by atoms with Gasteiger partial charge in [0.05, 0.1) is 19.1 Å². The molecule has 0 unspecified atom stereocenters. The van der Waals surface area contributed by atoms with Gasteiger partial charge in [-0.15, -0.1) is 0 Å². The summed E-state index contributed by atoms with van der Waals surface area (Å²) in [5, 5.41) is 5.48. The van der Waals surface area contributed by atoms with E-state index in [0.717, 1.165) is 6.26 Å². The number of rotatable bonds is 10. The molecule has 0 saturated carbocycles. The van der Waals surface area contributed by atoms with Gasteiger partial charge in [0.2, 0.25) is 10.0 Å². The predicted octanol–water partition coefficient (Wildman–Crippen LogP) is 3.01.